The molecule has 2 unspecified atom stereocenters. The third-order valence-electron chi connectivity index (χ3n) is 1.96. The van der Waals surface area contributed by atoms with E-state index >= 15 is 0 Å². The van der Waals surface area contributed by atoms with E-state index in [4.69, 9.17) is 0 Å². The van der Waals surface area contributed by atoms with E-state index in [-0.39, 0.29) is 0 Å². The van der Waals surface area contributed by atoms with Crippen molar-refractivity contribution in [3.05, 3.63) is 19.6 Å². The van der Waals surface area contributed by atoms with Crippen LogP contribution >= 0.6 is 0 Å². The maximum atomic E-state index is 3.96. The predicted octanol–water partition coefficient (Wildman–Crippen LogP) is 3.84. The summed E-state index contributed by atoms with van der Waals surface area (Å²) >= 11 is 0. The van der Waals surface area contributed by atoms with Crippen LogP contribution in [-0.2, 0) is 0 Å². The number of hydrogen-bond donors (Lipinski definition) is 0. The second kappa shape index (κ2) is 6.45. The van der Waals surface area contributed by atoms with Gasteiger partial charge in [-0.2, -0.15) is 0 Å². The highest BCUT2D eigenvalue weighted by Gasteiger charge is 2.00. The van der Waals surface area contributed by atoms with E-state index in [9.17, 15) is 0 Å². The van der Waals surface area contributed by atoms with Crippen molar-refractivity contribution < 1.29 is 0 Å². The van der Waals surface area contributed by atoms with Crippen molar-refractivity contribution in [2.24, 2.45) is 11.8 Å². The highest BCUT2D eigenvalue weighted by Crippen LogP contribution is 2.14. The molecule has 0 rings (SSSR count). The van der Waals surface area contributed by atoms with Crippen molar-refractivity contribution in [3.8, 4) is 0 Å². The van der Waals surface area contributed by atoms with E-state index in [0.717, 1.165) is 12.3 Å². The lowest BCUT2D eigenvalue weighted by atomic mass is 9.97. The van der Waals surface area contributed by atoms with Crippen molar-refractivity contribution in [3.63, 3.8) is 0 Å². The van der Waals surface area contributed by atoms with Crippen molar-refractivity contribution in [1.29, 1.82) is 0 Å². The van der Waals surface area contributed by atoms with E-state index in [1.54, 1.807) is 0 Å². The van der Waals surface area contributed by atoms with Gasteiger partial charge in [-0.1, -0.05) is 46.1 Å². The monoisotopic (exact) mass is 153 g/mol. The molecular formula is C11H21. The van der Waals surface area contributed by atoms with Crippen LogP contribution < -0.4 is 0 Å². The van der Waals surface area contributed by atoms with Gasteiger partial charge in [-0.25, -0.2) is 0 Å². The maximum absolute atomic E-state index is 3.96. The van der Waals surface area contributed by atoms with Gasteiger partial charge in [0.05, 0.1) is 0 Å². The molecule has 0 heteroatoms. The SMILES string of the molecule is [CH2]C(C)CCCC(C)CC=C. The van der Waals surface area contributed by atoms with Crippen LogP contribution in [0.4, 0.5) is 0 Å². The average Bonchev–Trinajstić information content (AvgIpc) is 1.87. The summed E-state index contributed by atoms with van der Waals surface area (Å²) in [6.45, 7) is 12.2. The van der Waals surface area contributed by atoms with Crippen LogP contribution in [0.2, 0.25) is 0 Å². The van der Waals surface area contributed by atoms with Crippen LogP contribution in [0.3, 0.4) is 0 Å². The molecule has 0 amide bonds. The minimum atomic E-state index is 0.617. The van der Waals surface area contributed by atoms with E-state index in [1.807, 2.05) is 6.08 Å². The van der Waals surface area contributed by atoms with Gasteiger partial charge in [0.2, 0.25) is 0 Å². The Kier molecular flexibility index (Phi) is 6.30. The molecule has 0 aromatic carbocycles. The summed E-state index contributed by atoms with van der Waals surface area (Å²) in [5, 5.41) is 0. The van der Waals surface area contributed by atoms with Gasteiger partial charge in [-0.15, -0.1) is 6.58 Å². The van der Waals surface area contributed by atoms with Crippen LogP contribution in [0.5, 0.6) is 0 Å². The van der Waals surface area contributed by atoms with Gasteiger partial charge in [0, 0.05) is 0 Å². The minimum Gasteiger partial charge on any atom is -0.103 e. The lowest BCUT2D eigenvalue weighted by Crippen LogP contribution is -1.94. The van der Waals surface area contributed by atoms with Gasteiger partial charge < -0.3 is 0 Å². The van der Waals surface area contributed by atoms with Crippen molar-refractivity contribution in [2.75, 3.05) is 0 Å². The fourth-order valence-electron chi connectivity index (χ4n) is 1.22. The molecule has 0 bridgehead atoms. The van der Waals surface area contributed by atoms with Gasteiger partial charge in [0.25, 0.3) is 0 Å². The lowest BCUT2D eigenvalue weighted by molar-refractivity contribution is 0.476. The van der Waals surface area contributed by atoms with Crippen molar-refractivity contribution >= 4 is 0 Å². The molecule has 0 heterocycles. The first-order chi connectivity index (χ1) is 5.16. The molecule has 0 aliphatic rings. The molecule has 0 fully saturated rings. The van der Waals surface area contributed by atoms with E-state index in [1.165, 1.54) is 19.3 Å². The zero-order valence-corrected chi connectivity index (χ0v) is 7.97. The summed E-state index contributed by atoms with van der Waals surface area (Å²) in [5.74, 6) is 1.43. The third kappa shape index (κ3) is 7.64. The predicted molar refractivity (Wildman–Crippen MR) is 52.4 cm³/mol. The molecule has 0 spiro atoms. The standard InChI is InChI=1S/C11H21/c1-5-7-11(4)9-6-8-10(2)3/h5,10-11H,1-2,6-9H2,3-4H3. The molecule has 0 N–H and O–H groups in total. The molecule has 0 nitrogen and oxygen atoms in total. The van der Waals surface area contributed by atoms with Gasteiger partial charge in [0.15, 0.2) is 0 Å². The smallest absolute Gasteiger partial charge is 0.0328 e. The Morgan fingerprint density at radius 3 is 2.36 bits per heavy atom. The van der Waals surface area contributed by atoms with Gasteiger partial charge in [-0.05, 0) is 18.3 Å². The summed E-state index contributed by atoms with van der Waals surface area (Å²) in [5.41, 5.74) is 0. The second-order valence-electron chi connectivity index (χ2n) is 3.67. The number of allylic oxidation sites excluding steroid dienone is 1. The van der Waals surface area contributed by atoms with E-state index < -0.39 is 0 Å². The Bertz CT molecular complexity index is 92.2. The third-order valence-corrected chi connectivity index (χ3v) is 1.96. The Balaban J connectivity index is 3.16. The largest absolute Gasteiger partial charge is 0.103 e. The minimum absolute atomic E-state index is 0.617. The topological polar surface area (TPSA) is 0 Å². The van der Waals surface area contributed by atoms with Crippen LogP contribution in [0.15, 0.2) is 12.7 Å². The van der Waals surface area contributed by atoms with Crippen molar-refractivity contribution in [1.82, 2.24) is 0 Å². The van der Waals surface area contributed by atoms with E-state index in [2.05, 4.69) is 27.4 Å². The van der Waals surface area contributed by atoms with Crippen molar-refractivity contribution in [2.45, 2.75) is 39.5 Å². The molecule has 0 saturated heterocycles. The average molecular weight is 153 g/mol. The Morgan fingerprint density at radius 1 is 1.27 bits per heavy atom. The summed E-state index contributed by atoms with van der Waals surface area (Å²) in [6.07, 6.45) is 7.08. The Morgan fingerprint density at radius 2 is 1.91 bits per heavy atom. The van der Waals surface area contributed by atoms with Crippen LogP contribution in [-0.4, -0.2) is 0 Å². The normalized spacial score (nSPS) is 13.5. The number of hydrogen-bond acceptors (Lipinski definition) is 0. The van der Waals surface area contributed by atoms with E-state index in [0.29, 0.717) is 5.92 Å². The van der Waals surface area contributed by atoms with Gasteiger partial charge in [0.1, 0.15) is 0 Å². The van der Waals surface area contributed by atoms with Gasteiger partial charge >= 0.3 is 0 Å². The summed E-state index contributed by atoms with van der Waals surface area (Å²) in [6, 6.07) is 0. The summed E-state index contributed by atoms with van der Waals surface area (Å²) in [4.78, 5) is 0. The molecule has 0 aromatic heterocycles. The second-order valence-corrected chi connectivity index (χ2v) is 3.67. The van der Waals surface area contributed by atoms with Gasteiger partial charge in [-0.3, -0.25) is 0 Å². The van der Waals surface area contributed by atoms with Crippen LogP contribution in [0, 0.1) is 18.8 Å². The zero-order valence-electron chi connectivity index (χ0n) is 7.97. The lowest BCUT2D eigenvalue weighted by Gasteiger charge is -2.09. The molecule has 11 heavy (non-hydrogen) atoms. The zero-order chi connectivity index (χ0) is 8.69. The molecular weight excluding hydrogens is 132 g/mol. The first-order valence-electron chi connectivity index (χ1n) is 4.60. The molecule has 0 aliphatic carbocycles. The fraction of sp³-hybridized carbons (Fsp3) is 0.727. The highest BCUT2D eigenvalue weighted by molar-refractivity contribution is 4.70. The molecule has 65 valence electrons. The Labute approximate surface area is 71.7 Å². The number of rotatable bonds is 6. The van der Waals surface area contributed by atoms with Crippen LogP contribution in [0.25, 0.3) is 0 Å². The Hall–Kier alpha value is -0.260. The first kappa shape index (κ1) is 10.7. The highest BCUT2D eigenvalue weighted by atomic mass is 14.1. The maximum Gasteiger partial charge on any atom is -0.0328 e. The summed E-state index contributed by atoms with van der Waals surface area (Å²) < 4.78 is 0. The summed E-state index contributed by atoms with van der Waals surface area (Å²) in [7, 11) is 0. The first-order valence-corrected chi connectivity index (χ1v) is 4.60. The molecule has 0 aromatic rings. The molecule has 1 radical (unpaired) electrons. The fourth-order valence-corrected chi connectivity index (χ4v) is 1.22. The quantitative estimate of drug-likeness (QED) is 0.509. The molecule has 0 saturated carbocycles. The van der Waals surface area contributed by atoms with Crippen LogP contribution in [0.1, 0.15) is 39.5 Å². The molecule has 0 aliphatic heterocycles. The molecule has 2 atom stereocenters.